The molecule has 1 aromatic carbocycles. The first-order chi connectivity index (χ1) is 9.25. The van der Waals surface area contributed by atoms with E-state index >= 15 is 0 Å². The van der Waals surface area contributed by atoms with Gasteiger partial charge in [-0.05, 0) is 12.1 Å². The minimum absolute atomic E-state index is 0.0947. The second-order valence-electron chi connectivity index (χ2n) is 4.95. The maximum absolute atomic E-state index is 13.7. The number of carbonyl (C=O) groups excluding carboxylic acids is 1. The second-order valence-corrected chi connectivity index (χ2v) is 4.95. The minimum Gasteiger partial charge on any atom is -0.464 e. The van der Waals surface area contributed by atoms with Crippen LogP contribution in [0.4, 0.5) is 10.1 Å². The van der Waals surface area contributed by atoms with E-state index < -0.39 is 0 Å². The maximum Gasteiger partial charge on any atom is 0.323 e. The zero-order chi connectivity index (χ0) is 13.2. The molecule has 2 saturated heterocycles. The summed E-state index contributed by atoms with van der Waals surface area (Å²) in [5.74, 6) is -0.296. The average Bonchev–Trinajstić information content (AvgIpc) is 2.86. The molecule has 0 spiro atoms. The van der Waals surface area contributed by atoms with Crippen LogP contribution in [0.2, 0.25) is 0 Å². The van der Waals surface area contributed by atoms with Gasteiger partial charge in [-0.15, -0.1) is 0 Å². The highest BCUT2D eigenvalue weighted by Gasteiger charge is 2.34. The summed E-state index contributed by atoms with van der Waals surface area (Å²) in [5.41, 5.74) is 0.649. The van der Waals surface area contributed by atoms with Gasteiger partial charge in [-0.1, -0.05) is 12.1 Å². The molecule has 2 fully saturated rings. The fourth-order valence-corrected chi connectivity index (χ4v) is 2.80. The van der Waals surface area contributed by atoms with E-state index in [1.165, 1.54) is 6.07 Å². The topological polar surface area (TPSA) is 32.8 Å². The number of ether oxygens (including phenoxy) is 1. The fourth-order valence-electron chi connectivity index (χ4n) is 2.80. The number of rotatable bonds is 2. The van der Waals surface area contributed by atoms with Crippen LogP contribution in [-0.4, -0.2) is 49.7 Å². The van der Waals surface area contributed by atoms with E-state index in [0.717, 1.165) is 32.6 Å². The number of cyclic esters (lactones) is 1. The molecule has 0 unspecified atom stereocenters. The van der Waals surface area contributed by atoms with Crippen molar-refractivity contribution in [3.63, 3.8) is 0 Å². The Morgan fingerprint density at radius 3 is 2.53 bits per heavy atom. The number of esters is 1. The maximum atomic E-state index is 13.7. The van der Waals surface area contributed by atoms with E-state index in [9.17, 15) is 9.18 Å². The Morgan fingerprint density at radius 1 is 1.16 bits per heavy atom. The van der Waals surface area contributed by atoms with Crippen molar-refractivity contribution in [3.05, 3.63) is 30.1 Å². The molecule has 1 aromatic rings. The van der Waals surface area contributed by atoms with Crippen molar-refractivity contribution in [2.75, 3.05) is 37.7 Å². The molecule has 0 radical (unpaired) electrons. The first kappa shape index (κ1) is 12.4. The monoisotopic (exact) mass is 264 g/mol. The van der Waals surface area contributed by atoms with Crippen molar-refractivity contribution in [1.29, 1.82) is 0 Å². The van der Waals surface area contributed by atoms with Crippen LogP contribution in [0.5, 0.6) is 0 Å². The van der Waals surface area contributed by atoms with E-state index in [1.54, 1.807) is 12.1 Å². The Kier molecular flexibility index (Phi) is 3.38. The Labute approximate surface area is 111 Å². The lowest BCUT2D eigenvalue weighted by molar-refractivity contribution is -0.142. The number of benzene rings is 1. The predicted molar refractivity (Wildman–Crippen MR) is 69.6 cm³/mol. The van der Waals surface area contributed by atoms with Crippen LogP contribution in [0, 0.1) is 5.82 Å². The van der Waals surface area contributed by atoms with Gasteiger partial charge in [0.15, 0.2) is 0 Å². The van der Waals surface area contributed by atoms with Crippen LogP contribution < -0.4 is 4.90 Å². The summed E-state index contributed by atoms with van der Waals surface area (Å²) in [6, 6.07) is 6.73. The summed E-state index contributed by atoms with van der Waals surface area (Å²) in [7, 11) is 0. The summed E-state index contributed by atoms with van der Waals surface area (Å²) in [4.78, 5) is 15.7. The number of nitrogens with zero attached hydrogens (tertiary/aromatic N) is 2. The van der Waals surface area contributed by atoms with E-state index in [2.05, 4.69) is 4.90 Å². The largest absolute Gasteiger partial charge is 0.464 e. The molecule has 102 valence electrons. The highest BCUT2D eigenvalue weighted by atomic mass is 19.1. The van der Waals surface area contributed by atoms with Gasteiger partial charge in [0, 0.05) is 32.6 Å². The zero-order valence-electron chi connectivity index (χ0n) is 10.7. The van der Waals surface area contributed by atoms with Crippen LogP contribution in [0.15, 0.2) is 24.3 Å². The van der Waals surface area contributed by atoms with E-state index in [1.807, 2.05) is 11.0 Å². The van der Waals surface area contributed by atoms with Gasteiger partial charge in [0.2, 0.25) is 0 Å². The smallest absolute Gasteiger partial charge is 0.323 e. The van der Waals surface area contributed by atoms with Gasteiger partial charge in [-0.3, -0.25) is 9.69 Å². The molecule has 4 nitrogen and oxygen atoms in total. The second kappa shape index (κ2) is 5.17. The normalized spacial score (nSPS) is 24.6. The lowest BCUT2D eigenvalue weighted by atomic mass is 10.1. The SMILES string of the molecule is O=C1OCC[C@H]1N1CCN(c2ccccc2F)CC1. The fraction of sp³-hybridized carbons (Fsp3) is 0.500. The van der Waals surface area contributed by atoms with Crippen LogP contribution in [0.1, 0.15) is 6.42 Å². The molecular weight excluding hydrogens is 247 g/mol. The number of hydrogen-bond donors (Lipinski definition) is 0. The summed E-state index contributed by atoms with van der Waals surface area (Å²) in [6.45, 7) is 3.55. The van der Waals surface area contributed by atoms with Gasteiger partial charge in [-0.2, -0.15) is 0 Å². The van der Waals surface area contributed by atoms with Crippen LogP contribution in [0.25, 0.3) is 0 Å². The molecule has 2 aliphatic rings. The molecule has 0 N–H and O–H groups in total. The molecule has 19 heavy (non-hydrogen) atoms. The lowest BCUT2D eigenvalue weighted by Gasteiger charge is -2.37. The molecule has 1 atom stereocenters. The number of para-hydroxylation sites is 1. The molecule has 0 saturated carbocycles. The third-order valence-electron chi connectivity index (χ3n) is 3.86. The van der Waals surface area contributed by atoms with Crippen molar-refractivity contribution < 1.29 is 13.9 Å². The molecule has 2 aliphatic heterocycles. The van der Waals surface area contributed by atoms with Crippen molar-refractivity contribution in [1.82, 2.24) is 4.90 Å². The third-order valence-corrected chi connectivity index (χ3v) is 3.86. The first-order valence-electron chi connectivity index (χ1n) is 6.66. The van der Waals surface area contributed by atoms with E-state index in [4.69, 9.17) is 4.74 Å². The molecule has 3 rings (SSSR count). The number of piperazine rings is 1. The van der Waals surface area contributed by atoms with E-state index in [0.29, 0.717) is 12.3 Å². The standard InChI is InChI=1S/C14H17FN2O2/c15-11-3-1-2-4-12(11)16-6-8-17(9-7-16)13-5-10-19-14(13)18/h1-4,13H,5-10H2/t13-/m1/s1. The van der Waals surface area contributed by atoms with Crippen LogP contribution in [-0.2, 0) is 9.53 Å². The lowest BCUT2D eigenvalue weighted by Crippen LogP contribution is -2.51. The van der Waals surface area contributed by atoms with Crippen molar-refractivity contribution in [2.45, 2.75) is 12.5 Å². The molecule has 0 aliphatic carbocycles. The highest BCUT2D eigenvalue weighted by Crippen LogP contribution is 2.22. The van der Waals surface area contributed by atoms with Gasteiger partial charge < -0.3 is 9.64 Å². The third kappa shape index (κ3) is 2.42. The van der Waals surface area contributed by atoms with Gasteiger partial charge in [0.05, 0.1) is 12.3 Å². The Hall–Kier alpha value is -1.62. The van der Waals surface area contributed by atoms with Crippen LogP contribution in [0.3, 0.4) is 0 Å². The minimum atomic E-state index is -0.184. The number of halogens is 1. The molecular formula is C14H17FN2O2. The summed E-state index contributed by atoms with van der Waals surface area (Å²) < 4.78 is 18.7. The van der Waals surface area contributed by atoms with Gasteiger partial charge in [0.1, 0.15) is 11.9 Å². The van der Waals surface area contributed by atoms with Gasteiger partial charge in [-0.25, -0.2) is 4.39 Å². The summed E-state index contributed by atoms with van der Waals surface area (Å²) in [5, 5.41) is 0. The van der Waals surface area contributed by atoms with Crippen molar-refractivity contribution in [3.8, 4) is 0 Å². The van der Waals surface area contributed by atoms with Crippen molar-refractivity contribution >= 4 is 11.7 Å². The molecule has 5 heteroatoms. The number of carbonyl (C=O) groups is 1. The molecule has 0 bridgehead atoms. The summed E-state index contributed by atoms with van der Waals surface area (Å²) >= 11 is 0. The van der Waals surface area contributed by atoms with Gasteiger partial charge in [0.25, 0.3) is 0 Å². The quantitative estimate of drug-likeness (QED) is 0.753. The number of anilines is 1. The number of hydrogen-bond acceptors (Lipinski definition) is 4. The molecule has 0 amide bonds. The first-order valence-corrected chi connectivity index (χ1v) is 6.66. The highest BCUT2D eigenvalue weighted by molar-refractivity contribution is 5.77. The molecule has 2 heterocycles. The average molecular weight is 264 g/mol. The van der Waals surface area contributed by atoms with Crippen molar-refractivity contribution in [2.24, 2.45) is 0 Å². The summed E-state index contributed by atoms with van der Waals surface area (Å²) in [6.07, 6.45) is 0.776. The Balaban J connectivity index is 1.63. The molecule has 0 aromatic heterocycles. The predicted octanol–water partition coefficient (Wildman–Crippen LogP) is 1.26. The zero-order valence-corrected chi connectivity index (χ0v) is 10.7. The van der Waals surface area contributed by atoms with E-state index in [-0.39, 0.29) is 17.8 Å². The Morgan fingerprint density at radius 2 is 1.89 bits per heavy atom. The van der Waals surface area contributed by atoms with Crippen LogP contribution >= 0.6 is 0 Å². The Bertz CT molecular complexity index is 472. The van der Waals surface area contributed by atoms with Gasteiger partial charge >= 0.3 is 5.97 Å².